The van der Waals surface area contributed by atoms with E-state index >= 15 is 0 Å². The van der Waals surface area contributed by atoms with Gasteiger partial charge in [-0.1, -0.05) is 13.0 Å². The molecule has 18 heavy (non-hydrogen) atoms. The first kappa shape index (κ1) is 13.5. The summed E-state index contributed by atoms with van der Waals surface area (Å²) in [6, 6.07) is 4.28. The quantitative estimate of drug-likeness (QED) is 0.778. The molecule has 2 N–H and O–H groups in total. The second kappa shape index (κ2) is 5.82. The Morgan fingerprint density at radius 3 is 2.56 bits per heavy atom. The van der Waals surface area contributed by atoms with Gasteiger partial charge in [0.2, 0.25) is 0 Å². The molecule has 98 valence electrons. The maximum atomic E-state index is 13.4. The molecule has 0 bridgehead atoms. The number of hydrogen-bond acceptors (Lipinski definition) is 3. The molecule has 0 saturated carbocycles. The van der Waals surface area contributed by atoms with Crippen molar-refractivity contribution < 1.29 is 14.4 Å². The van der Waals surface area contributed by atoms with E-state index < -0.39 is 12.9 Å². The SMILES string of the molecule is CC1CCN(Cc2cc(F)cc(B(O)O)c2)CC1. The molecule has 1 fully saturated rings. The summed E-state index contributed by atoms with van der Waals surface area (Å²) in [5, 5.41) is 18.2. The Hall–Kier alpha value is -0.905. The first-order valence-electron chi connectivity index (χ1n) is 6.42. The van der Waals surface area contributed by atoms with E-state index in [0.29, 0.717) is 6.54 Å². The highest BCUT2D eigenvalue weighted by Gasteiger charge is 2.18. The fourth-order valence-electron chi connectivity index (χ4n) is 2.39. The lowest BCUT2D eigenvalue weighted by Gasteiger charge is -2.30. The molecule has 1 aromatic carbocycles. The van der Waals surface area contributed by atoms with Gasteiger partial charge < -0.3 is 10.0 Å². The van der Waals surface area contributed by atoms with Gasteiger partial charge in [-0.15, -0.1) is 0 Å². The zero-order chi connectivity index (χ0) is 13.1. The molecule has 0 unspecified atom stereocenters. The molecule has 0 atom stereocenters. The third-order valence-corrected chi connectivity index (χ3v) is 3.56. The summed E-state index contributed by atoms with van der Waals surface area (Å²) in [7, 11) is -1.61. The van der Waals surface area contributed by atoms with Gasteiger partial charge in [-0.3, -0.25) is 4.90 Å². The average molecular weight is 251 g/mol. The summed E-state index contributed by atoms with van der Waals surface area (Å²) < 4.78 is 13.4. The van der Waals surface area contributed by atoms with Gasteiger partial charge in [0.1, 0.15) is 5.82 Å². The Morgan fingerprint density at radius 1 is 1.28 bits per heavy atom. The third kappa shape index (κ3) is 3.54. The van der Waals surface area contributed by atoms with Crippen LogP contribution in [-0.4, -0.2) is 35.2 Å². The Morgan fingerprint density at radius 2 is 1.94 bits per heavy atom. The zero-order valence-corrected chi connectivity index (χ0v) is 10.6. The van der Waals surface area contributed by atoms with Crippen molar-refractivity contribution in [2.24, 2.45) is 5.92 Å². The molecule has 2 rings (SSSR count). The minimum Gasteiger partial charge on any atom is -0.423 e. The van der Waals surface area contributed by atoms with E-state index in [0.717, 1.165) is 30.6 Å². The molecule has 0 aromatic heterocycles. The number of nitrogens with zero attached hydrogens (tertiary/aromatic N) is 1. The number of piperidine rings is 1. The van der Waals surface area contributed by atoms with E-state index in [1.54, 1.807) is 6.07 Å². The van der Waals surface area contributed by atoms with E-state index in [-0.39, 0.29) is 5.46 Å². The van der Waals surface area contributed by atoms with Crippen molar-refractivity contribution in [2.45, 2.75) is 26.3 Å². The summed E-state index contributed by atoms with van der Waals surface area (Å²) in [4.78, 5) is 2.28. The smallest absolute Gasteiger partial charge is 0.423 e. The van der Waals surface area contributed by atoms with Crippen LogP contribution in [0.2, 0.25) is 0 Å². The zero-order valence-electron chi connectivity index (χ0n) is 10.6. The van der Waals surface area contributed by atoms with E-state index in [4.69, 9.17) is 10.0 Å². The average Bonchev–Trinajstić information content (AvgIpc) is 2.31. The van der Waals surface area contributed by atoms with Gasteiger partial charge in [0, 0.05) is 6.54 Å². The molecular weight excluding hydrogens is 232 g/mol. The lowest BCUT2D eigenvalue weighted by Crippen LogP contribution is -2.34. The topological polar surface area (TPSA) is 43.7 Å². The van der Waals surface area contributed by atoms with Crippen LogP contribution >= 0.6 is 0 Å². The molecular formula is C13H19BFNO2. The third-order valence-electron chi connectivity index (χ3n) is 3.56. The van der Waals surface area contributed by atoms with Crippen LogP contribution in [0.1, 0.15) is 25.3 Å². The Balaban J connectivity index is 2.04. The lowest BCUT2D eigenvalue weighted by atomic mass is 9.79. The molecule has 0 amide bonds. The van der Waals surface area contributed by atoms with Crippen molar-refractivity contribution >= 4 is 12.6 Å². The van der Waals surface area contributed by atoms with Crippen molar-refractivity contribution in [2.75, 3.05) is 13.1 Å². The van der Waals surface area contributed by atoms with Crippen molar-refractivity contribution in [1.29, 1.82) is 0 Å². The van der Waals surface area contributed by atoms with Crippen LogP contribution in [0.4, 0.5) is 4.39 Å². The van der Waals surface area contributed by atoms with Crippen molar-refractivity contribution in [1.82, 2.24) is 4.90 Å². The fourth-order valence-corrected chi connectivity index (χ4v) is 2.39. The second-order valence-electron chi connectivity index (χ2n) is 5.23. The van der Waals surface area contributed by atoms with E-state index in [1.165, 1.54) is 18.9 Å². The van der Waals surface area contributed by atoms with E-state index in [9.17, 15) is 4.39 Å². The van der Waals surface area contributed by atoms with Gasteiger partial charge in [-0.2, -0.15) is 0 Å². The summed E-state index contributed by atoms with van der Waals surface area (Å²) in [6.45, 7) is 4.97. The molecule has 0 spiro atoms. The first-order valence-corrected chi connectivity index (χ1v) is 6.42. The maximum Gasteiger partial charge on any atom is 0.488 e. The largest absolute Gasteiger partial charge is 0.488 e. The van der Waals surface area contributed by atoms with Gasteiger partial charge >= 0.3 is 7.12 Å². The molecule has 5 heteroatoms. The summed E-state index contributed by atoms with van der Waals surface area (Å²) in [5.74, 6) is 0.351. The molecule has 0 radical (unpaired) electrons. The van der Waals surface area contributed by atoms with Crippen molar-refractivity contribution in [3.63, 3.8) is 0 Å². The summed E-state index contributed by atoms with van der Waals surface area (Å²) in [5.41, 5.74) is 1.02. The van der Waals surface area contributed by atoms with Crippen LogP contribution < -0.4 is 5.46 Å². The molecule has 3 nitrogen and oxygen atoms in total. The molecule has 1 aliphatic rings. The van der Waals surface area contributed by atoms with Crippen molar-refractivity contribution in [3.05, 3.63) is 29.6 Å². The second-order valence-corrected chi connectivity index (χ2v) is 5.23. The lowest BCUT2D eigenvalue weighted by molar-refractivity contribution is 0.185. The van der Waals surface area contributed by atoms with Crippen LogP contribution in [-0.2, 0) is 6.54 Å². The molecule has 0 aliphatic carbocycles. The summed E-state index contributed by atoms with van der Waals surface area (Å²) >= 11 is 0. The van der Waals surface area contributed by atoms with E-state index in [2.05, 4.69) is 11.8 Å². The van der Waals surface area contributed by atoms with Crippen LogP contribution in [0.15, 0.2) is 18.2 Å². The Labute approximate surface area is 107 Å². The summed E-state index contributed by atoms with van der Waals surface area (Å²) in [6.07, 6.45) is 2.34. The number of halogens is 1. The standard InChI is InChI=1S/C13H19BFNO2/c1-10-2-4-16(5-3-10)9-11-6-12(14(17)18)8-13(15)7-11/h6-8,10,17-18H,2-5,9H2,1H3. The minimum atomic E-state index is -1.61. The fraction of sp³-hybridized carbons (Fsp3) is 0.538. The predicted octanol–water partition coefficient (Wildman–Crippen LogP) is 0.737. The monoisotopic (exact) mass is 251 g/mol. The van der Waals surface area contributed by atoms with Crippen molar-refractivity contribution in [3.8, 4) is 0 Å². The van der Waals surface area contributed by atoms with Crippen LogP contribution in [0, 0.1) is 11.7 Å². The molecule has 1 saturated heterocycles. The van der Waals surface area contributed by atoms with Gasteiger partial charge in [-0.05, 0) is 55.0 Å². The number of hydrogen-bond donors (Lipinski definition) is 2. The first-order chi connectivity index (χ1) is 8.54. The maximum absolute atomic E-state index is 13.4. The molecule has 1 aromatic rings. The van der Waals surface area contributed by atoms with Crippen LogP contribution in [0.5, 0.6) is 0 Å². The molecule has 1 heterocycles. The van der Waals surface area contributed by atoms with E-state index in [1.807, 2.05) is 0 Å². The highest BCUT2D eigenvalue weighted by Crippen LogP contribution is 2.18. The van der Waals surface area contributed by atoms with Gasteiger partial charge in [0.25, 0.3) is 0 Å². The number of rotatable bonds is 3. The highest BCUT2D eigenvalue weighted by atomic mass is 19.1. The normalized spacial score (nSPS) is 18.0. The minimum absolute atomic E-state index is 0.218. The Bertz CT molecular complexity index is 406. The predicted molar refractivity (Wildman–Crippen MR) is 69.9 cm³/mol. The highest BCUT2D eigenvalue weighted by molar-refractivity contribution is 6.58. The molecule has 1 aliphatic heterocycles. The van der Waals surface area contributed by atoms with Gasteiger partial charge in [-0.25, -0.2) is 4.39 Å². The number of likely N-dealkylation sites (tertiary alicyclic amines) is 1. The van der Waals surface area contributed by atoms with Crippen LogP contribution in [0.25, 0.3) is 0 Å². The van der Waals surface area contributed by atoms with Gasteiger partial charge in [0.15, 0.2) is 0 Å². The van der Waals surface area contributed by atoms with Crippen LogP contribution in [0.3, 0.4) is 0 Å². The number of benzene rings is 1. The van der Waals surface area contributed by atoms with Gasteiger partial charge in [0.05, 0.1) is 0 Å². The Kier molecular flexibility index (Phi) is 4.38.